The van der Waals surface area contributed by atoms with Crippen LogP contribution in [-0.2, 0) is 0 Å². The molecule has 3 nitrogen and oxygen atoms in total. The van der Waals surface area contributed by atoms with Gasteiger partial charge in [-0.3, -0.25) is 9.36 Å². The van der Waals surface area contributed by atoms with E-state index < -0.39 is 0 Å². The summed E-state index contributed by atoms with van der Waals surface area (Å²) in [6, 6.07) is 3.62. The molecule has 0 spiro atoms. The number of fused-ring (bicyclic) bond motifs is 1. The zero-order valence-electron chi connectivity index (χ0n) is 10.1. The monoisotopic (exact) mass is 216 g/mol. The molecule has 0 radical (unpaired) electrons. The molecule has 0 aliphatic heterocycles. The van der Waals surface area contributed by atoms with Gasteiger partial charge in [0.1, 0.15) is 5.65 Å². The third-order valence-corrected chi connectivity index (χ3v) is 2.99. The summed E-state index contributed by atoms with van der Waals surface area (Å²) >= 11 is 0. The van der Waals surface area contributed by atoms with Crippen molar-refractivity contribution in [1.82, 2.24) is 9.55 Å². The van der Waals surface area contributed by atoms with Crippen molar-refractivity contribution >= 4 is 11.0 Å². The minimum atomic E-state index is 0.0123. The minimum absolute atomic E-state index is 0.0123. The van der Waals surface area contributed by atoms with E-state index in [0.29, 0.717) is 0 Å². The van der Waals surface area contributed by atoms with E-state index in [1.54, 1.807) is 10.6 Å². The molecule has 0 aromatic carbocycles. The maximum Gasteiger partial charge on any atom is 0.252 e. The van der Waals surface area contributed by atoms with Gasteiger partial charge in [-0.1, -0.05) is 0 Å². The van der Waals surface area contributed by atoms with Crippen molar-refractivity contribution < 1.29 is 0 Å². The molecule has 16 heavy (non-hydrogen) atoms. The Morgan fingerprint density at radius 2 is 1.94 bits per heavy atom. The van der Waals surface area contributed by atoms with Crippen LogP contribution in [0.5, 0.6) is 0 Å². The van der Waals surface area contributed by atoms with Gasteiger partial charge in [0.25, 0.3) is 5.56 Å². The first-order valence-electron chi connectivity index (χ1n) is 5.50. The van der Waals surface area contributed by atoms with E-state index in [0.717, 1.165) is 16.6 Å². The second kappa shape index (κ2) is 3.74. The summed E-state index contributed by atoms with van der Waals surface area (Å²) in [5.74, 6) is 0. The Hall–Kier alpha value is -1.64. The Kier molecular flexibility index (Phi) is 2.54. The molecule has 0 saturated carbocycles. The molecule has 0 amide bonds. The van der Waals surface area contributed by atoms with Crippen molar-refractivity contribution in [3.8, 4) is 0 Å². The van der Waals surface area contributed by atoms with Gasteiger partial charge in [0.15, 0.2) is 0 Å². The highest BCUT2D eigenvalue weighted by Gasteiger charge is 2.09. The maximum absolute atomic E-state index is 11.8. The Balaban J connectivity index is 2.95. The average Bonchev–Trinajstić information content (AvgIpc) is 2.22. The number of pyridine rings is 2. The van der Waals surface area contributed by atoms with E-state index in [-0.39, 0.29) is 11.6 Å². The summed E-state index contributed by atoms with van der Waals surface area (Å²) in [5.41, 5.74) is 3.14. The van der Waals surface area contributed by atoms with E-state index in [1.807, 2.05) is 33.0 Å². The van der Waals surface area contributed by atoms with Crippen LogP contribution in [0.4, 0.5) is 0 Å². The lowest BCUT2D eigenvalue weighted by molar-refractivity contribution is 0.595. The number of hydrogen-bond donors (Lipinski definition) is 0. The molecular weight excluding hydrogens is 200 g/mol. The quantitative estimate of drug-likeness (QED) is 0.734. The van der Waals surface area contributed by atoms with Gasteiger partial charge in [0, 0.05) is 23.7 Å². The van der Waals surface area contributed by atoms with Gasteiger partial charge < -0.3 is 0 Å². The van der Waals surface area contributed by atoms with Gasteiger partial charge in [0.2, 0.25) is 0 Å². The summed E-state index contributed by atoms with van der Waals surface area (Å²) in [4.78, 5) is 16.2. The predicted octanol–water partition coefficient (Wildman–Crippen LogP) is 2.59. The highest BCUT2D eigenvalue weighted by Crippen LogP contribution is 2.19. The lowest BCUT2D eigenvalue weighted by Gasteiger charge is -2.14. The molecule has 0 atom stereocenters. The van der Waals surface area contributed by atoms with Crippen LogP contribution in [0.2, 0.25) is 0 Å². The topological polar surface area (TPSA) is 34.9 Å². The van der Waals surface area contributed by atoms with Crippen LogP contribution in [0, 0.1) is 13.8 Å². The normalized spacial score (nSPS) is 11.3. The molecule has 0 saturated heterocycles. The summed E-state index contributed by atoms with van der Waals surface area (Å²) in [6.07, 6.45) is 1.83. The van der Waals surface area contributed by atoms with Gasteiger partial charge in [0.05, 0.1) is 0 Å². The summed E-state index contributed by atoms with van der Waals surface area (Å²) < 4.78 is 1.74. The van der Waals surface area contributed by atoms with Crippen molar-refractivity contribution in [2.75, 3.05) is 0 Å². The second-order valence-electron chi connectivity index (χ2n) is 4.44. The molecule has 3 heteroatoms. The molecule has 2 aromatic rings. The first kappa shape index (κ1) is 10.9. The molecule has 84 valence electrons. The fourth-order valence-electron chi connectivity index (χ4n) is 1.93. The molecule has 2 rings (SSSR count). The number of nitrogens with zero attached hydrogens (tertiary/aromatic N) is 2. The van der Waals surface area contributed by atoms with Crippen LogP contribution in [0.3, 0.4) is 0 Å². The van der Waals surface area contributed by atoms with Crippen LogP contribution in [-0.4, -0.2) is 9.55 Å². The largest absolute Gasteiger partial charge is 0.290 e. The van der Waals surface area contributed by atoms with E-state index in [1.165, 1.54) is 5.56 Å². The molecule has 0 N–H and O–H groups in total. The summed E-state index contributed by atoms with van der Waals surface area (Å²) in [6.45, 7) is 8.09. The molecular formula is C13H16N2O. The zero-order chi connectivity index (χ0) is 11.9. The fraction of sp³-hybridized carbons (Fsp3) is 0.385. The SMILES string of the molecule is Cc1cnc2c(ccc(=O)n2C(C)C)c1C. The molecule has 0 aliphatic rings. The van der Waals surface area contributed by atoms with Gasteiger partial charge in [-0.05, 0) is 44.9 Å². The lowest BCUT2D eigenvalue weighted by Crippen LogP contribution is -2.22. The number of hydrogen-bond acceptors (Lipinski definition) is 2. The van der Waals surface area contributed by atoms with Gasteiger partial charge in [-0.2, -0.15) is 0 Å². The molecule has 2 aromatic heterocycles. The van der Waals surface area contributed by atoms with Crippen molar-refractivity contribution in [3.05, 3.63) is 39.8 Å². The number of aryl methyl sites for hydroxylation is 2. The Morgan fingerprint density at radius 1 is 1.25 bits per heavy atom. The molecule has 0 fully saturated rings. The third-order valence-electron chi connectivity index (χ3n) is 2.99. The fourth-order valence-corrected chi connectivity index (χ4v) is 1.93. The average molecular weight is 216 g/mol. The van der Waals surface area contributed by atoms with E-state index in [4.69, 9.17) is 0 Å². The van der Waals surface area contributed by atoms with Crippen LogP contribution in [0.15, 0.2) is 23.1 Å². The first-order chi connectivity index (χ1) is 7.52. The molecule has 0 aliphatic carbocycles. The second-order valence-corrected chi connectivity index (χ2v) is 4.44. The minimum Gasteiger partial charge on any atom is -0.290 e. The smallest absolute Gasteiger partial charge is 0.252 e. The van der Waals surface area contributed by atoms with E-state index in [9.17, 15) is 4.79 Å². The lowest BCUT2D eigenvalue weighted by atomic mass is 10.1. The highest BCUT2D eigenvalue weighted by atomic mass is 16.1. The third kappa shape index (κ3) is 1.52. The number of rotatable bonds is 1. The van der Waals surface area contributed by atoms with Crippen LogP contribution >= 0.6 is 0 Å². The number of aromatic nitrogens is 2. The van der Waals surface area contributed by atoms with E-state index >= 15 is 0 Å². The van der Waals surface area contributed by atoms with E-state index in [2.05, 4.69) is 11.9 Å². The van der Waals surface area contributed by atoms with Gasteiger partial charge in [-0.15, -0.1) is 0 Å². The Bertz CT molecular complexity index is 597. The predicted molar refractivity (Wildman–Crippen MR) is 65.9 cm³/mol. The van der Waals surface area contributed by atoms with Crippen molar-refractivity contribution in [2.45, 2.75) is 33.7 Å². The zero-order valence-corrected chi connectivity index (χ0v) is 10.1. The molecule has 2 heterocycles. The first-order valence-corrected chi connectivity index (χ1v) is 5.50. The van der Waals surface area contributed by atoms with Crippen LogP contribution in [0.1, 0.15) is 31.0 Å². The van der Waals surface area contributed by atoms with Crippen molar-refractivity contribution in [2.24, 2.45) is 0 Å². The van der Waals surface area contributed by atoms with Crippen LogP contribution < -0.4 is 5.56 Å². The standard InChI is InChI=1S/C13H16N2O/c1-8(2)15-12(16)6-5-11-10(4)9(3)7-14-13(11)15/h5-8H,1-4H3. The molecule has 0 unspecified atom stereocenters. The Morgan fingerprint density at radius 3 is 2.56 bits per heavy atom. The van der Waals surface area contributed by atoms with Gasteiger partial charge >= 0.3 is 0 Å². The highest BCUT2D eigenvalue weighted by molar-refractivity contribution is 5.79. The molecule has 0 bridgehead atoms. The summed E-state index contributed by atoms with van der Waals surface area (Å²) in [7, 11) is 0. The maximum atomic E-state index is 11.8. The van der Waals surface area contributed by atoms with Crippen LogP contribution in [0.25, 0.3) is 11.0 Å². The van der Waals surface area contributed by atoms with Gasteiger partial charge in [-0.25, -0.2) is 4.98 Å². The summed E-state index contributed by atoms with van der Waals surface area (Å²) in [5, 5.41) is 1.06. The van der Waals surface area contributed by atoms with Crippen molar-refractivity contribution in [1.29, 1.82) is 0 Å². The van der Waals surface area contributed by atoms with Crippen molar-refractivity contribution in [3.63, 3.8) is 0 Å². The Labute approximate surface area is 94.7 Å².